The standard InChI is InChI=1S/C26H25N7O2/c1-16-23(31-21(14-30-16)18-8-11-29-22(12-18)26(2,3)15-27)25-33-32-24(35-25)17-4-6-19(7-5-17)34-20-9-10-28-13-20/h4-8,11-12,14,20,28H,9-10,13H2,1-3H3. The SMILES string of the molecule is Cc1ncc(-c2ccnc(C(C)(C)C#N)c2)nc1-c1nnc(-c2ccc(OC3CCNC3)cc2)o1. The van der Waals surface area contributed by atoms with Crippen LogP contribution in [-0.2, 0) is 5.41 Å². The molecule has 0 amide bonds. The van der Waals surface area contributed by atoms with E-state index in [-0.39, 0.29) is 12.0 Å². The Morgan fingerprint density at radius 2 is 1.89 bits per heavy atom. The van der Waals surface area contributed by atoms with Crippen molar-refractivity contribution >= 4 is 0 Å². The van der Waals surface area contributed by atoms with Gasteiger partial charge in [0.15, 0.2) is 0 Å². The van der Waals surface area contributed by atoms with E-state index in [1.807, 2.05) is 57.2 Å². The molecule has 1 aromatic carbocycles. The van der Waals surface area contributed by atoms with Gasteiger partial charge in [0.2, 0.25) is 5.89 Å². The predicted octanol–water partition coefficient (Wildman–Crippen LogP) is 4.11. The summed E-state index contributed by atoms with van der Waals surface area (Å²) >= 11 is 0. The summed E-state index contributed by atoms with van der Waals surface area (Å²) < 4.78 is 11.9. The fourth-order valence-corrected chi connectivity index (χ4v) is 3.81. The summed E-state index contributed by atoms with van der Waals surface area (Å²) in [5.74, 6) is 1.49. The molecule has 1 unspecified atom stereocenters. The highest BCUT2D eigenvalue weighted by Gasteiger charge is 2.23. The lowest BCUT2D eigenvalue weighted by Crippen LogP contribution is -2.19. The van der Waals surface area contributed by atoms with E-state index in [9.17, 15) is 5.26 Å². The van der Waals surface area contributed by atoms with Gasteiger partial charge in [-0.1, -0.05) is 0 Å². The van der Waals surface area contributed by atoms with Gasteiger partial charge >= 0.3 is 0 Å². The highest BCUT2D eigenvalue weighted by Crippen LogP contribution is 2.29. The largest absolute Gasteiger partial charge is 0.489 e. The number of aromatic nitrogens is 5. The van der Waals surface area contributed by atoms with Crippen molar-refractivity contribution in [1.82, 2.24) is 30.5 Å². The molecule has 1 fully saturated rings. The molecule has 1 atom stereocenters. The molecule has 1 aliphatic heterocycles. The lowest BCUT2D eigenvalue weighted by atomic mass is 9.90. The number of aryl methyl sites for hydroxylation is 1. The van der Waals surface area contributed by atoms with Crippen molar-refractivity contribution in [3.8, 4) is 46.1 Å². The van der Waals surface area contributed by atoms with Gasteiger partial charge in [0, 0.05) is 23.9 Å². The van der Waals surface area contributed by atoms with Crippen molar-refractivity contribution in [2.24, 2.45) is 0 Å². The number of hydrogen-bond acceptors (Lipinski definition) is 9. The molecule has 0 aliphatic carbocycles. The van der Waals surface area contributed by atoms with Gasteiger partial charge in [-0.05, 0) is 70.1 Å². The average molecular weight is 468 g/mol. The number of rotatable bonds is 6. The van der Waals surface area contributed by atoms with Gasteiger partial charge in [-0.25, -0.2) is 4.98 Å². The first-order chi connectivity index (χ1) is 16.9. The minimum Gasteiger partial charge on any atom is -0.489 e. The Kier molecular flexibility index (Phi) is 5.97. The lowest BCUT2D eigenvalue weighted by Gasteiger charge is -2.15. The zero-order valence-electron chi connectivity index (χ0n) is 19.8. The fraction of sp³-hybridized carbons (Fsp3) is 0.308. The Morgan fingerprint density at radius 1 is 1.09 bits per heavy atom. The molecule has 176 valence electrons. The van der Waals surface area contributed by atoms with Crippen molar-refractivity contribution in [3.05, 3.63) is 60.2 Å². The minimum absolute atomic E-state index is 0.201. The first kappa shape index (κ1) is 22.6. The third-order valence-electron chi connectivity index (χ3n) is 5.98. The summed E-state index contributed by atoms with van der Waals surface area (Å²) in [7, 11) is 0. The number of ether oxygens (including phenoxy) is 1. The third-order valence-corrected chi connectivity index (χ3v) is 5.98. The van der Waals surface area contributed by atoms with Crippen LogP contribution < -0.4 is 10.1 Å². The third kappa shape index (κ3) is 4.74. The van der Waals surface area contributed by atoms with E-state index in [1.165, 1.54) is 0 Å². The van der Waals surface area contributed by atoms with Crippen LogP contribution in [-0.4, -0.2) is 44.3 Å². The van der Waals surface area contributed by atoms with Crippen molar-refractivity contribution in [2.75, 3.05) is 13.1 Å². The van der Waals surface area contributed by atoms with Gasteiger partial charge in [-0.15, -0.1) is 10.2 Å². The maximum Gasteiger partial charge on any atom is 0.268 e. The second kappa shape index (κ2) is 9.24. The Balaban J connectivity index is 1.40. The molecule has 0 saturated carbocycles. The number of nitrogens with zero attached hydrogens (tertiary/aromatic N) is 6. The molecule has 0 bridgehead atoms. The first-order valence-electron chi connectivity index (χ1n) is 11.5. The topological polar surface area (TPSA) is 123 Å². The van der Waals surface area contributed by atoms with Crippen LogP contribution in [0.2, 0.25) is 0 Å². The predicted molar refractivity (Wildman–Crippen MR) is 129 cm³/mol. The zero-order chi connectivity index (χ0) is 24.4. The van der Waals surface area contributed by atoms with Crippen LogP contribution >= 0.6 is 0 Å². The van der Waals surface area contributed by atoms with E-state index in [1.54, 1.807) is 12.4 Å². The molecule has 0 spiro atoms. The van der Waals surface area contributed by atoms with Crippen molar-refractivity contribution in [3.63, 3.8) is 0 Å². The van der Waals surface area contributed by atoms with E-state index in [0.29, 0.717) is 28.7 Å². The Morgan fingerprint density at radius 3 is 2.63 bits per heavy atom. The van der Waals surface area contributed by atoms with E-state index < -0.39 is 5.41 Å². The van der Waals surface area contributed by atoms with Gasteiger partial charge in [0.05, 0.1) is 34.8 Å². The van der Waals surface area contributed by atoms with Gasteiger partial charge in [0.25, 0.3) is 5.89 Å². The van der Waals surface area contributed by atoms with Crippen LogP contribution in [0.1, 0.15) is 31.7 Å². The van der Waals surface area contributed by atoms with Crippen LogP contribution in [0.5, 0.6) is 5.75 Å². The molecular formula is C26H25N7O2. The zero-order valence-corrected chi connectivity index (χ0v) is 19.8. The quantitative estimate of drug-likeness (QED) is 0.446. The second-order valence-electron chi connectivity index (χ2n) is 9.03. The number of pyridine rings is 1. The smallest absolute Gasteiger partial charge is 0.268 e. The molecule has 1 saturated heterocycles. The van der Waals surface area contributed by atoms with Gasteiger partial charge in [0.1, 0.15) is 17.5 Å². The monoisotopic (exact) mass is 467 g/mol. The molecular weight excluding hydrogens is 442 g/mol. The first-order valence-corrected chi connectivity index (χ1v) is 11.5. The van der Waals surface area contributed by atoms with Gasteiger partial charge < -0.3 is 14.5 Å². The van der Waals surface area contributed by atoms with E-state index in [4.69, 9.17) is 14.1 Å². The maximum atomic E-state index is 9.46. The fourth-order valence-electron chi connectivity index (χ4n) is 3.81. The molecule has 9 heteroatoms. The van der Waals surface area contributed by atoms with Gasteiger partial charge in [-0.2, -0.15) is 5.26 Å². The minimum atomic E-state index is -0.715. The van der Waals surface area contributed by atoms with Crippen LogP contribution in [0, 0.1) is 18.3 Å². The van der Waals surface area contributed by atoms with E-state index >= 15 is 0 Å². The second-order valence-corrected chi connectivity index (χ2v) is 9.03. The van der Waals surface area contributed by atoms with Crippen LogP contribution in [0.25, 0.3) is 34.3 Å². The Bertz CT molecular complexity index is 1380. The van der Waals surface area contributed by atoms with E-state index in [0.717, 1.165) is 36.4 Å². The summed E-state index contributed by atoms with van der Waals surface area (Å²) in [4.78, 5) is 13.6. The summed E-state index contributed by atoms with van der Waals surface area (Å²) in [6.07, 6.45) is 4.57. The highest BCUT2D eigenvalue weighted by atomic mass is 16.5. The maximum absolute atomic E-state index is 9.46. The van der Waals surface area contributed by atoms with Crippen molar-refractivity contribution in [1.29, 1.82) is 5.26 Å². The molecule has 4 heterocycles. The number of benzene rings is 1. The van der Waals surface area contributed by atoms with Crippen molar-refractivity contribution in [2.45, 2.75) is 38.7 Å². The number of hydrogen-bond donors (Lipinski definition) is 1. The summed E-state index contributed by atoms with van der Waals surface area (Å²) in [6.45, 7) is 7.35. The average Bonchev–Trinajstić information content (AvgIpc) is 3.58. The molecule has 9 nitrogen and oxygen atoms in total. The van der Waals surface area contributed by atoms with Gasteiger partial charge in [-0.3, -0.25) is 9.97 Å². The number of nitrogens with one attached hydrogen (secondary N) is 1. The summed E-state index contributed by atoms with van der Waals surface area (Å²) in [6, 6.07) is 13.6. The van der Waals surface area contributed by atoms with Crippen molar-refractivity contribution < 1.29 is 9.15 Å². The van der Waals surface area contributed by atoms with Crippen LogP contribution in [0.15, 0.2) is 53.2 Å². The molecule has 35 heavy (non-hydrogen) atoms. The molecule has 3 aromatic heterocycles. The van der Waals surface area contributed by atoms with Crippen LogP contribution in [0.4, 0.5) is 0 Å². The number of nitriles is 1. The normalized spacial score (nSPS) is 15.7. The molecule has 1 N–H and O–H groups in total. The highest BCUT2D eigenvalue weighted by molar-refractivity contribution is 5.64. The molecule has 1 aliphatic rings. The Hall–Kier alpha value is -4.16. The molecule has 4 aromatic rings. The molecule has 5 rings (SSSR count). The summed E-state index contributed by atoms with van der Waals surface area (Å²) in [5, 5.41) is 21.2. The lowest BCUT2D eigenvalue weighted by molar-refractivity contribution is 0.223. The summed E-state index contributed by atoms with van der Waals surface area (Å²) in [5.41, 5.74) is 3.35. The molecule has 0 radical (unpaired) electrons. The van der Waals surface area contributed by atoms with Crippen LogP contribution in [0.3, 0.4) is 0 Å². The Labute approximate surface area is 203 Å². The van der Waals surface area contributed by atoms with E-state index in [2.05, 4.69) is 31.6 Å².